The molecule has 0 bridgehead atoms. The molecule has 9 heteroatoms. The number of urea groups is 1. The molecule has 150 valence electrons. The second kappa shape index (κ2) is 9.40. The second-order valence-electron chi connectivity index (χ2n) is 5.97. The summed E-state index contributed by atoms with van der Waals surface area (Å²) in [7, 11) is 0. The van der Waals surface area contributed by atoms with Gasteiger partial charge in [0.05, 0.1) is 10.2 Å². The summed E-state index contributed by atoms with van der Waals surface area (Å²) >= 11 is 5.51. The number of hydrogen-bond donors (Lipinski definition) is 2. The Morgan fingerprint density at radius 1 is 1.03 bits per heavy atom. The molecule has 29 heavy (non-hydrogen) atoms. The minimum Gasteiger partial charge on any atom is -0.490 e. The fourth-order valence-electron chi connectivity index (χ4n) is 2.58. The lowest BCUT2D eigenvalue weighted by Crippen LogP contribution is -2.51. The van der Waals surface area contributed by atoms with E-state index in [1.807, 2.05) is 41.8 Å². The maximum atomic E-state index is 11.9. The molecule has 2 N–H and O–H groups in total. The zero-order valence-corrected chi connectivity index (χ0v) is 19.0. The average molecular weight is 571 g/mol. The van der Waals surface area contributed by atoms with Gasteiger partial charge in [0.2, 0.25) is 0 Å². The second-order valence-corrected chi connectivity index (χ2v) is 8.05. The van der Waals surface area contributed by atoms with E-state index in [-0.39, 0.29) is 5.57 Å². The highest BCUT2D eigenvalue weighted by molar-refractivity contribution is 14.1. The van der Waals surface area contributed by atoms with E-state index in [9.17, 15) is 14.4 Å². The van der Waals surface area contributed by atoms with E-state index in [0.29, 0.717) is 30.3 Å². The van der Waals surface area contributed by atoms with Crippen LogP contribution in [0.5, 0.6) is 11.5 Å². The molecule has 0 saturated carbocycles. The number of rotatable bonds is 6. The van der Waals surface area contributed by atoms with Crippen molar-refractivity contribution in [3.05, 3.63) is 61.1 Å². The number of carbonyl (C=O) groups is 3. The molecule has 0 spiro atoms. The van der Waals surface area contributed by atoms with Crippen LogP contribution in [-0.2, 0) is 16.2 Å². The standard InChI is InChI=1S/C20H16BrIN2O5/c1-2-28-16-9-12(7-14-18(25)23-20(27)24-19(14)26)8-15(22)17(16)29-10-11-3-5-13(21)6-4-11/h3-9H,2,10H2,1H3,(H2,23,24,25,26,27). The summed E-state index contributed by atoms with van der Waals surface area (Å²) in [6.07, 6.45) is 1.40. The molecule has 3 rings (SSSR count). The van der Waals surface area contributed by atoms with E-state index in [4.69, 9.17) is 9.47 Å². The van der Waals surface area contributed by atoms with Crippen LogP contribution in [-0.4, -0.2) is 24.5 Å². The molecule has 2 aromatic rings. The Hall–Kier alpha value is -2.40. The maximum absolute atomic E-state index is 11.9. The van der Waals surface area contributed by atoms with Crippen molar-refractivity contribution in [3.8, 4) is 11.5 Å². The lowest BCUT2D eigenvalue weighted by molar-refractivity contribution is -0.123. The summed E-state index contributed by atoms with van der Waals surface area (Å²) < 4.78 is 13.4. The van der Waals surface area contributed by atoms with Gasteiger partial charge in [-0.05, 0) is 71.0 Å². The summed E-state index contributed by atoms with van der Waals surface area (Å²) in [6.45, 7) is 2.63. The third-order valence-electron chi connectivity index (χ3n) is 3.88. The summed E-state index contributed by atoms with van der Waals surface area (Å²) in [5, 5.41) is 4.10. The van der Waals surface area contributed by atoms with Gasteiger partial charge in [-0.3, -0.25) is 20.2 Å². The van der Waals surface area contributed by atoms with Gasteiger partial charge in [0, 0.05) is 4.47 Å². The smallest absolute Gasteiger partial charge is 0.328 e. The normalized spacial score (nSPS) is 13.6. The average Bonchev–Trinajstić information content (AvgIpc) is 2.65. The molecule has 1 aliphatic rings. The van der Waals surface area contributed by atoms with Gasteiger partial charge in [0.25, 0.3) is 11.8 Å². The van der Waals surface area contributed by atoms with Crippen molar-refractivity contribution in [2.24, 2.45) is 0 Å². The molecule has 1 saturated heterocycles. The molecular formula is C20H16BrIN2O5. The molecule has 4 amide bonds. The summed E-state index contributed by atoms with van der Waals surface area (Å²) in [5.41, 5.74) is 1.41. The van der Waals surface area contributed by atoms with Gasteiger partial charge in [0.15, 0.2) is 11.5 Å². The van der Waals surface area contributed by atoms with Crippen molar-refractivity contribution in [2.75, 3.05) is 6.61 Å². The highest BCUT2D eigenvalue weighted by Gasteiger charge is 2.28. The van der Waals surface area contributed by atoms with Crippen molar-refractivity contribution in [3.63, 3.8) is 0 Å². The first-order chi connectivity index (χ1) is 13.9. The molecule has 1 heterocycles. The number of halogens is 2. The molecule has 0 unspecified atom stereocenters. The van der Waals surface area contributed by atoms with Crippen LogP contribution in [0.2, 0.25) is 0 Å². The number of benzene rings is 2. The Morgan fingerprint density at radius 2 is 1.69 bits per heavy atom. The molecular weight excluding hydrogens is 555 g/mol. The predicted molar refractivity (Wildman–Crippen MR) is 118 cm³/mol. The number of ether oxygens (including phenoxy) is 2. The zero-order chi connectivity index (χ0) is 21.0. The highest BCUT2D eigenvalue weighted by atomic mass is 127. The number of amides is 4. The first kappa shape index (κ1) is 21.3. The van der Waals surface area contributed by atoms with Crippen molar-refractivity contribution >= 4 is 62.4 Å². The van der Waals surface area contributed by atoms with Gasteiger partial charge in [0.1, 0.15) is 12.2 Å². The van der Waals surface area contributed by atoms with E-state index in [2.05, 4.69) is 38.5 Å². The SMILES string of the molecule is CCOc1cc(C=C2C(=O)NC(=O)NC2=O)cc(I)c1OCc1ccc(Br)cc1. The summed E-state index contributed by atoms with van der Waals surface area (Å²) in [5.74, 6) is -0.425. The fraction of sp³-hybridized carbons (Fsp3) is 0.150. The maximum Gasteiger partial charge on any atom is 0.328 e. The minimum absolute atomic E-state index is 0.161. The van der Waals surface area contributed by atoms with Crippen LogP contribution in [0, 0.1) is 3.57 Å². The first-order valence-electron chi connectivity index (χ1n) is 8.59. The lowest BCUT2D eigenvalue weighted by atomic mass is 10.1. The highest BCUT2D eigenvalue weighted by Crippen LogP contribution is 2.35. The molecule has 0 atom stereocenters. The molecule has 1 fully saturated rings. The predicted octanol–water partition coefficient (Wildman–Crippen LogP) is 3.78. The fourth-order valence-corrected chi connectivity index (χ4v) is 3.63. The third kappa shape index (κ3) is 5.36. The van der Waals surface area contributed by atoms with Crippen LogP contribution in [0.4, 0.5) is 4.79 Å². The van der Waals surface area contributed by atoms with Crippen molar-refractivity contribution in [1.82, 2.24) is 10.6 Å². The van der Waals surface area contributed by atoms with Crippen LogP contribution in [0.3, 0.4) is 0 Å². The van der Waals surface area contributed by atoms with Crippen LogP contribution in [0.15, 0.2) is 46.4 Å². The van der Waals surface area contributed by atoms with E-state index in [1.54, 1.807) is 12.1 Å². The summed E-state index contributed by atoms with van der Waals surface area (Å²) in [4.78, 5) is 35.1. The number of hydrogen-bond acceptors (Lipinski definition) is 5. The number of nitrogens with one attached hydrogen (secondary N) is 2. The van der Waals surface area contributed by atoms with E-state index >= 15 is 0 Å². The number of imide groups is 2. The van der Waals surface area contributed by atoms with Gasteiger partial charge in [-0.1, -0.05) is 28.1 Å². The largest absolute Gasteiger partial charge is 0.490 e. The van der Waals surface area contributed by atoms with Crippen molar-refractivity contribution < 1.29 is 23.9 Å². The van der Waals surface area contributed by atoms with E-state index < -0.39 is 17.8 Å². The van der Waals surface area contributed by atoms with Gasteiger partial charge >= 0.3 is 6.03 Å². The van der Waals surface area contributed by atoms with E-state index in [0.717, 1.165) is 13.6 Å². The minimum atomic E-state index is -0.835. The van der Waals surface area contributed by atoms with Gasteiger partial charge in [-0.2, -0.15) is 0 Å². The Balaban J connectivity index is 1.88. The van der Waals surface area contributed by atoms with Crippen molar-refractivity contribution in [1.29, 1.82) is 0 Å². The van der Waals surface area contributed by atoms with Gasteiger partial charge < -0.3 is 9.47 Å². The monoisotopic (exact) mass is 570 g/mol. The zero-order valence-electron chi connectivity index (χ0n) is 15.3. The Morgan fingerprint density at radius 3 is 2.31 bits per heavy atom. The Labute approximate surface area is 189 Å². The topological polar surface area (TPSA) is 93.7 Å². The first-order valence-corrected chi connectivity index (χ1v) is 10.5. The van der Waals surface area contributed by atoms with Crippen LogP contribution in [0.25, 0.3) is 6.08 Å². The van der Waals surface area contributed by atoms with Gasteiger partial charge in [-0.15, -0.1) is 0 Å². The molecule has 0 aliphatic carbocycles. The van der Waals surface area contributed by atoms with Gasteiger partial charge in [-0.25, -0.2) is 4.79 Å². The third-order valence-corrected chi connectivity index (χ3v) is 5.21. The Bertz CT molecular complexity index is 983. The van der Waals surface area contributed by atoms with Crippen LogP contribution < -0.4 is 20.1 Å². The molecule has 1 aliphatic heterocycles. The van der Waals surface area contributed by atoms with Crippen LogP contribution in [0.1, 0.15) is 18.1 Å². The quantitative estimate of drug-likeness (QED) is 0.313. The lowest BCUT2D eigenvalue weighted by Gasteiger charge is -2.16. The number of carbonyl (C=O) groups excluding carboxylic acids is 3. The van der Waals surface area contributed by atoms with E-state index in [1.165, 1.54) is 6.08 Å². The molecule has 0 radical (unpaired) electrons. The van der Waals surface area contributed by atoms with Crippen LogP contribution >= 0.6 is 38.5 Å². The molecule has 2 aromatic carbocycles. The van der Waals surface area contributed by atoms with Crippen molar-refractivity contribution in [2.45, 2.75) is 13.5 Å². The summed E-state index contributed by atoms with van der Waals surface area (Å²) in [6, 6.07) is 10.4. The molecule has 0 aromatic heterocycles. The number of barbiturate groups is 1. The molecule has 7 nitrogen and oxygen atoms in total. The Kier molecular flexibility index (Phi) is 6.91.